The highest BCUT2D eigenvalue weighted by atomic mass is 19.1. The molecule has 1 aliphatic carbocycles. The third-order valence-corrected chi connectivity index (χ3v) is 5.80. The van der Waals surface area contributed by atoms with Crippen LogP contribution in [-0.4, -0.2) is 49.0 Å². The number of rotatable bonds is 7. The van der Waals surface area contributed by atoms with Crippen molar-refractivity contribution in [3.05, 3.63) is 35.6 Å². The Morgan fingerprint density at radius 1 is 1.07 bits per heavy atom. The lowest BCUT2D eigenvalue weighted by atomic mass is 9.45. The minimum Gasteiger partial charge on any atom is -0.465 e. The van der Waals surface area contributed by atoms with Gasteiger partial charge in [0.15, 0.2) is 5.41 Å². The van der Waals surface area contributed by atoms with E-state index in [1.807, 2.05) is 6.92 Å². The van der Waals surface area contributed by atoms with Gasteiger partial charge in [0.05, 0.1) is 19.1 Å². The Balaban J connectivity index is 2.12. The van der Waals surface area contributed by atoms with Crippen LogP contribution in [0.4, 0.5) is 4.39 Å². The number of benzene rings is 1. The van der Waals surface area contributed by atoms with Gasteiger partial charge in [-0.3, -0.25) is 14.4 Å². The topological polar surface area (TPSA) is 72.9 Å². The molecule has 0 spiro atoms. The number of halogens is 1. The van der Waals surface area contributed by atoms with E-state index in [1.54, 1.807) is 30.9 Å². The van der Waals surface area contributed by atoms with Gasteiger partial charge in [0, 0.05) is 19.0 Å². The van der Waals surface area contributed by atoms with Gasteiger partial charge in [0.2, 0.25) is 5.91 Å². The van der Waals surface area contributed by atoms with E-state index in [4.69, 9.17) is 9.47 Å². The molecule has 3 rings (SSSR count). The summed E-state index contributed by atoms with van der Waals surface area (Å²) in [5.41, 5.74) is -1.09. The first-order valence-corrected chi connectivity index (χ1v) is 9.82. The summed E-state index contributed by atoms with van der Waals surface area (Å²) >= 11 is 0. The van der Waals surface area contributed by atoms with Gasteiger partial charge in [-0.2, -0.15) is 0 Å². The summed E-state index contributed by atoms with van der Waals surface area (Å²) in [7, 11) is 0. The van der Waals surface area contributed by atoms with Crippen molar-refractivity contribution in [1.29, 1.82) is 0 Å². The summed E-state index contributed by atoms with van der Waals surface area (Å²) in [4.78, 5) is 41.0. The summed E-state index contributed by atoms with van der Waals surface area (Å²) < 4.78 is 24.0. The zero-order valence-electron chi connectivity index (χ0n) is 16.4. The van der Waals surface area contributed by atoms with Crippen molar-refractivity contribution in [2.75, 3.05) is 26.3 Å². The van der Waals surface area contributed by atoms with Crippen LogP contribution in [0, 0.1) is 23.1 Å². The van der Waals surface area contributed by atoms with Crippen LogP contribution in [0.1, 0.15) is 38.7 Å². The van der Waals surface area contributed by atoms with E-state index in [0.717, 1.165) is 6.42 Å². The zero-order chi connectivity index (χ0) is 20.5. The van der Waals surface area contributed by atoms with Crippen LogP contribution in [-0.2, 0) is 23.9 Å². The SMILES string of the molecule is CCCN1C[C@@H]2[C@H](C1=O)C(C(=O)OCC)(C(=O)OCC)[C@H]2c1ccc(F)cc1. The highest BCUT2D eigenvalue weighted by molar-refractivity contribution is 6.09. The first kappa shape index (κ1) is 20.3. The second-order valence-electron chi connectivity index (χ2n) is 7.26. The summed E-state index contributed by atoms with van der Waals surface area (Å²) in [6.07, 6.45) is 0.776. The molecule has 2 fully saturated rings. The fourth-order valence-corrected chi connectivity index (χ4v) is 4.82. The summed E-state index contributed by atoms with van der Waals surface area (Å²) in [6.45, 7) is 6.46. The van der Waals surface area contributed by atoms with E-state index in [9.17, 15) is 18.8 Å². The van der Waals surface area contributed by atoms with Gasteiger partial charge in [-0.05, 0) is 43.9 Å². The number of hydrogen-bond donors (Lipinski definition) is 0. The highest BCUT2D eigenvalue weighted by Crippen LogP contribution is 2.65. The van der Waals surface area contributed by atoms with Crippen LogP contribution in [0.5, 0.6) is 0 Å². The van der Waals surface area contributed by atoms with E-state index in [-0.39, 0.29) is 25.0 Å². The van der Waals surface area contributed by atoms with E-state index in [1.165, 1.54) is 12.1 Å². The maximum atomic E-state index is 13.5. The Kier molecular flexibility index (Phi) is 5.72. The van der Waals surface area contributed by atoms with Crippen molar-refractivity contribution in [1.82, 2.24) is 4.90 Å². The Hall–Kier alpha value is -2.44. The first-order valence-electron chi connectivity index (χ1n) is 9.82. The van der Waals surface area contributed by atoms with Gasteiger partial charge >= 0.3 is 11.9 Å². The van der Waals surface area contributed by atoms with Crippen LogP contribution in [0.15, 0.2) is 24.3 Å². The largest absolute Gasteiger partial charge is 0.465 e. The van der Waals surface area contributed by atoms with Crippen LogP contribution < -0.4 is 0 Å². The smallest absolute Gasteiger partial charge is 0.324 e. The number of carbonyl (C=O) groups is 3. The molecular weight excluding hydrogens is 365 g/mol. The Morgan fingerprint density at radius 2 is 1.64 bits per heavy atom. The normalized spacial score (nSPS) is 25.1. The maximum Gasteiger partial charge on any atom is 0.324 e. The average Bonchev–Trinajstić information content (AvgIpc) is 2.91. The molecule has 0 bridgehead atoms. The van der Waals surface area contributed by atoms with Gasteiger partial charge in [-0.1, -0.05) is 19.1 Å². The van der Waals surface area contributed by atoms with Crippen molar-refractivity contribution in [3.8, 4) is 0 Å². The number of fused-ring (bicyclic) bond motifs is 1. The molecule has 1 aromatic rings. The lowest BCUT2D eigenvalue weighted by Crippen LogP contribution is -2.65. The van der Waals surface area contributed by atoms with E-state index >= 15 is 0 Å². The number of amides is 1. The Bertz CT molecular complexity index is 745. The molecule has 1 saturated heterocycles. The summed E-state index contributed by atoms with van der Waals surface area (Å²) in [5, 5.41) is 0. The summed E-state index contributed by atoms with van der Waals surface area (Å²) in [5.74, 6) is -3.74. The zero-order valence-corrected chi connectivity index (χ0v) is 16.4. The number of nitrogens with zero attached hydrogens (tertiary/aromatic N) is 1. The highest BCUT2D eigenvalue weighted by Gasteiger charge is 2.77. The van der Waals surface area contributed by atoms with Crippen LogP contribution in [0.2, 0.25) is 0 Å². The standard InChI is InChI=1S/C21H26FNO5/c1-4-11-23-12-15-16(13-7-9-14(22)10-8-13)21(17(15)18(23)24,19(25)27-5-2)20(26)28-6-3/h7-10,15-17H,4-6,11-12H2,1-3H3/t15-,16-,17+/m0/s1. The molecule has 1 aromatic carbocycles. The lowest BCUT2D eigenvalue weighted by molar-refractivity contribution is -0.197. The van der Waals surface area contributed by atoms with Gasteiger partial charge in [-0.15, -0.1) is 0 Å². The van der Waals surface area contributed by atoms with E-state index in [0.29, 0.717) is 18.7 Å². The van der Waals surface area contributed by atoms with Gasteiger partial charge in [0.25, 0.3) is 0 Å². The third kappa shape index (κ3) is 2.88. The first-order chi connectivity index (χ1) is 13.4. The molecular formula is C21H26FNO5. The number of likely N-dealkylation sites (tertiary alicyclic amines) is 1. The number of carbonyl (C=O) groups excluding carboxylic acids is 3. The number of hydrogen-bond acceptors (Lipinski definition) is 5. The molecule has 3 atom stereocenters. The Labute approximate surface area is 164 Å². The van der Waals surface area contributed by atoms with Crippen LogP contribution >= 0.6 is 0 Å². The molecule has 1 heterocycles. The molecule has 0 unspecified atom stereocenters. The van der Waals surface area contributed by atoms with Crippen molar-refractivity contribution < 1.29 is 28.2 Å². The second kappa shape index (κ2) is 7.89. The van der Waals surface area contributed by atoms with Crippen LogP contribution in [0.3, 0.4) is 0 Å². The number of esters is 2. The van der Waals surface area contributed by atoms with E-state index in [2.05, 4.69) is 0 Å². The fraction of sp³-hybridized carbons (Fsp3) is 0.571. The molecule has 1 aliphatic heterocycles. The van der Waals surface area contributed by atoms with Crippen molar-refractivity contribution >= 4 is 17.8 Å². The third-order valence-electron chi connectivity index (χ3n) is 5.80. The van der Waals surface area contributed by atoms with E-state index < -0.39 is 35.0 Å². The molecule has 2 aliphatic rings. The molecule has 152 valence electrons. The average molecular weight is 391 g/mol. The van der Waals surface area contributed by atoms with Gasteiger partial charge < -0.3 is 14.4 Å². The molecule has 28 heavy (non-hydrogen) atoms. The molecule has 0 aromatic heterocycles. The molecule has 7 heteroatoms. The number of ether oxygens (including phenoxy) is 2. The lowest BCUT2D eigenvalue weighted by Gasteiger charge is -2.53. The summed E-state index contributed by atoms with van der Waals surface area (Å²) in [6, 6.07) is 5.72. The van der Waals surface area contributed by atoms with Crippen molar-refractivity contribution in [2.45, 2.75) is 33.1 Å². The molecule has 1 amide bonds. The maximum absolute atomic E-state index is 13.5. The van der Waals surface area contributed by atoms with Gasteiger partial charge in [-0.25, -0.2) is 4.39 Å². The minimum absolute atomic E-state index is 0.0837. The quantitative estimate of drug-likeness (QED) is 0.528. The predicted molar refractivity (Wildman–Crippen MR) is 98.7 cm³/mol. The second-order valence-corrected chi connectivity index (χ2v) is 7.26. The van der Waals surface area contributed by atoms with Gasteiger partial charge in [0.1, 0.15) is 5.82 Å². The van der Waals surface area contributed by atoms with Crippen molar-refractivity contribution in [3.63, 3.8) is 0 Å². The van der Waals surface area contributed by atoms with Crippen molar-refractivity contribution in [2.24, 2.45) is 17.3 Å². The molecule has 0 radical (unpaired) electrons. The predicted octanol–water partition coefficient (Wildman–Crippen LogP) is 2.52. The monoisotopic (exact) mass is 391 g/mol. The minimum atomic E-state index is -1.73. The molecule has 0 N–H and O–H groups in total. The Morgan fingerprint density at radius 3 is 2.14 bits per heavy atom. The molecule has 6 nitrogen and oxygen atoms in total. The molecule has 1 saturated carbocycles. The fourth-order valence-electron chi connectivity index (χ4n) is 4.82. The van der Waals surface area contributed by atoms with Crippen LogP contribution in [0.25, 0.3) is 0 Å².